The Kier molecular flexibility index (Phi) is 11.2. The Morgan fingerprint density at radius 1 is 0.577 bits per heavy atom. The number of phenolic OH excluding ortho intramolecular Hbond substituents is 2. The highest BCUT2D eigenvalue weighted by atomic mass is 16.5. The zero-order valence-corrected chi connectivity index (χ0v) is 17.5. The van der Waals surface area contributed by atoms with Crippen molar-refractivity contribution in [1.82, 2.24) is 0 Å². The van der Waals surface area contributed by atoms with Crippen LogP contribution < -0.4 is 4.74 Å². The van der Waals surface area contributed by atoms with Gasteiger partial charge in [-0.05, 0) is 51.0 Å². The molecule has 0 atom stereocenters. The quantitative estimate of drug-likeness (QED) is 0.285. The number of rotatable bonds is 14. The highest BCUT2D eigenvalue weighted by Gasteiger charge is 2.23. The van der Waals surface area contributed by atoms with E-state index in [-0.39, 0.29) is 11.5 Å². The molecule has 150 valence electrons. The first-order valence-electron chi connectivity index (χ1n) is 10.8. The van der Waals surface area contributed by atoms with Gasteiger partial charge in [0.05, 0.1) is 6.61 Å². The molecule has 0 fully saturated rings. The lowest BCUT2D eigenvalue weighted by atomic mass is 9.88. The summed E-state index contributed by atoms with van der Waals surface area (Å²) in [5.41, 5.74) is 3.34. The van der Waals surface area contributed by atoms with Crippen LogP contribution in [0.1, 0.15) is 102 Å². The Balaban J connectivity index is 3.34. The van der Waals surface area contributed by atoms with Gasteiger partial charge in [-0.1, -0.05) is 59.3 Å². The van der Waals surface area contributed by atoms with Crippen LogP contribution in [0.2, 0.25) is 0 Å². The van der Waals surface area contributed by atoms with Gasteiger partial charge in [0.1, 0.15) is 0 Å². The molecule has 0 saturated heterocycles. The number of unbranched alkanes of at least 4 members (excludes halogenated alkanes) is 6. The average molecular weight is 365 g/mol. The predicted molar refractivity (Wildman–Crippen MR) is 111 cm³/mol. The van der Waals surface area contributed by atoms with Crippen LogP contribution in [0.4, 0.5) is 0 Å². The molecular formula is C23H40O3. The van der Waals surface area contributed by atoms with Crippen molar-refractivity contribution in [3.8, 4) is 17.2 Å². The molecule has 0 saturated carbocycles. The third kappa shape index (κ3) is 6.41. The molecule has 0 aliphatic heterocycles. The summed E-state index contributed by atoms with van der Waals surface area (Å²) >= 11 is 0. The lowest BCUT2D eigenvalue weighted by Crippen LogP contribution is -2.07. The summed E-state index contributed by atoms with van der Waals surface area (Å²) in [4.78, 5) is 0. The third-order valence-electron chi connectivity index (χ3n) is 5.11. The number of phenols is 2. The lowest BCUT2D eigenvalue weighted by molar-refractivity contribution is 0.303. The highest BCUT2D eigenvalue weighted by Crippen LogP contribution is 2.46. The first kappa shape index (κ1) is 22.7. The zero-order chi connectivity index (χ0) is 19.4. The molecule has 0 bridgehead atoms. The summed E-state index contributed by atoms with van der Waals surface area (Å²) in [6.45, 7) is 9.03. The van der Waals surface area contributed by atoms with E-state index in [9.17, 15) is 10.2 Å². The van der Waals surface area contributed by atoms with Crippen LogP contribution in [0.5, 0.6) is 17.2 Å². The first-order valence-corrected chi connectivity index (χ1v) is 10.8. The summed E-state index contributed by atoms with van der Waals surface area (Å²) in [5.74, 6) is 0.520. The van der Waals surface area contributed by atoms with Crippen molar-refractivity contribution in [2.24, 2.45) is 0 Å². The molecule has 3 nitrogen and oxygen atoms in total. The van der Waals surface area contributed by atoms with Crippen LogP contribution >= 0.6 is 0 Å². The molecule has 1 rings (SSSR count). The molecule has 0 unspecified atom stereocenters. The molecule has 0 aliphatic carbocycles. The van der Waals surface area contributed by atoms with Gasteiger partial charge in [0.15, 0.2) is 11.5 Å². The minimum Gasteiger partial charge on any atom is -0.504 e. The molecular weight excluding hydrogens is 324 g/mol. The Morgan fingerprint density at radius 2 is 1.04 bits per heavy atom. The fourth-order valence-corrected chi connectivity index (χ4v) is 3.65. The van der Waals surface area contributed by atoms with Crippen molar-refractivity contribution in [3.63, 3.8) is 0 Å². The second-order valence-electron chi connectivity index (χ2n) is 7.27. The van der Waals surface area contributed by atoms with Gasteiger partial charge in [0, 0.05) is 11.1 Å². The molecule has 0 spiro atoms. The lowest BCUT2D eigenvalue weighted by Gasteiger charge is -2.22. The summed E-state index contributed by atoms with van der Waals surface area (Å²) < 4.78 is 5.80. The van der Waals surface area contributed by atoms with Gasteiger partial charge in [0.2, 0.25) is 5.75 Å². The molecule has 26 heavy (non-hydrogen) atoms. The van der Waals surface area contributed by atoms with E-state index in [0.29, 0.717) is 12.4 Å². The van der Waals surface area contributed by atoms with Gasteiger partial charge in [0.25, 0.3) is 0 Å². The summed E-state index contributed by atoms with van der Waals surface area (Å²) in [6, 6.07) is 0. The maximum Gasteiger partial charge on any atom is 0.201 e. The Labute approximate surface area is 160 Å². The SMILES string of the molecule is CCCCCc1c(O)c(O)c(OCC)c(CCCCC)c1CCCCC. The van der Waals surface area contributed by atoms with Crippen LogP contribution in [-0.2, 0) is 19.3 Å². The highest BCUT2D eigenvalue weighted by molar-refractivity contribution is 5.62. The third-order valence-corrected chi connectivity index (χ3v) is 5.11. The van der Waals surface area contributed by atoms with Crippen LogP contribution in [0.3, 0.4) is 0 Å². The molecule has 0 aliphatic rings. The van der Waals surface area contributed by atoms with Gasteiger partial charge < -0.3 is 14.9 Å². The van der Waals surface area contributed by atoms with Gasteiger partial charge in [-0.2, -0.15) is 0 Å². The zero-order valence-electron chi connectivity index (χ0n) is 17.5. The van der Waals surface area contributed by atoms with Crippen molar-refractivity contribution in [2.45, 2.75) is 105 Å². The fraction of sp³-hybridized carbons (Fsp3) is 0.739. The van der Waals surface area contributed by atoms with E-state index in [1.165, 1.54) is 31.2 Å². The first-order chi connectivity index (χ1) is 12.6. The van der Waals surface area contributed by atoms with Crippen molar-refractivity contribution in [1.29, 1.82) is 0 Å². The van der Waals surface area contributed by atoms with Gasteiger partial charge in [-0.3, -0.25) is 0 Å². The maximum absolute atomic E-state index is 10.7. The van der Waals surface area contributed by atoms with E-state index in [1.54, 1.807) is 0 Å². The monoisotopic (exact) mass is 364 g/mol. The number of benzene rings is 1. The normalized spacial score (nSPS) is 11.1. The van der Waals surface area contributed by atoms with Gasteiger partial charge >= 0.3 is 0 Å². The second kappa shape index (κ2) is 12.9. The largest absolute Gasteiger partial charge is 0.504 e. The Morgan fingerprint density at radius 3 is 1.50 bits per heavy atom. The van der Waals surface area contributed by atoms with Crippen molar-refractivity contribution < 1.29 is 14.9 Å². The van der Waals surface area contributed by atoms with Gasteiger partial charge in [-0.25, -0.2) is 0 Å². The van der Waals surface area contributed by atoms with E-state index >= 15 is 0 Å². The number of hydrogen-bond acceptors (Lipinski definition) is 3. The average Bonchev–Trinajstić information content (AvgIpc) is 2.64. The molecule has 0 radical (unpaired) electrons. The van der Waals surface area contributed by atoms with Crippen LogP contribution in [-0.4, -0.2) is 16.8 Å². The van der Waals surface area contributed by atoms with E-state index in [1.807, 2.05) is 6.92 Å². The van der Waals surface area contributed by atoms with E-state index in [2.05, 4.69) is 20.8 Å². The Hall–Kier alpha value is -1.38. The van der Waals surface area contributed by atoms with Crippen molar-refractivity contribution in [3.05, 3.63) is 16.7 Å². The summed E-state index contributed by atoms with van der Waals surface area (Å²) in [5, 5.41) is 21.3. The Bertz CT molecular complexity index is 523. The van der Waals surface area contributed by atoms with Crippen molar-refractivity contribution >= 4 is 0 Å². The minimum absolute atomic E-state index is 0.0512. The number of ether oxygens (including phenoxy) is 1. The minimum atomic E-state index is -0.0518. The number of hydrogen-bond donors (Lipinski definition) is 2. The standard InChI is InChI=1S/C23H40O3/c1-5-9-12-15-18-19(16-13-10-6-2)21(24)22(25)23(26-8-4)20(18)17-14-11-7-3/h24-25H,5-17H2,1-4H3. The molecule has 2 N–H and O–H groups in total. The summed E-state index contributed by atoms with van der Waals surface area (Å²) in [6.07, 6.45) is 13.0. The maximum atomic E-state index is 10.7. The van der Waals surface area contributed by atoms with E-state index < -0.39 is 0 Å². The van der Waals surface area contributed by atoms with Crippen molar-refractivity contribution in [2.75, 3.05) is 6.61 Å². The topological polar surface area (TPSA) is 49.7 Å². The second-order valence-corrected chi connectivity index (χ2v) is 7.27. The molecule has 0 amide bonds. The smallest absolute Gasteiger partial charge is 0.201 e. The van der Waals surface area contributed by atoms with Crippen LogP contribution in [0, 0.1) is 0 Å². The van der Waals surface area contributed by atoms with Crippen LogP contribution in [0.25, 0.3) is 0 Å². The van der Waals surface area contributed by atoms with E-state index in [4.69, 9.17) is 4.74 Å². The number of aromatic hydroxyl groups is 2. The molecule has 3 heteroatoms. The molecule has 1 aromatic rings. The molecule has 1 aromatic carbocycles. The fourth-order valence-electron chi connectivity index (χ4n) is 3.65. The summed E-state index contributed by atoms with van der Waals surface area (Å²) in [7, 11) is 0. The van der Waals surface area contributed by atoms with Gasteiger partial charge in [-0.15, -0.1) is 0 Å². The predicted octanol–water partition coefficient (Wildman–Crippen LogP) is 6.69. The molecule has 0 heterocycles. The molecule has 0 aromatic heterocycles. The van der Waals surface area contributed by atoms with Crippen LogP contribution in [0.15, 0.2) is 0 Å². The van der Waals surface area contributed by atoms with E-state index in [0.717, 1.165) is 62.5 Å².